The molecule has 1 saturated carbocycles. The van der Waals surface area contributed by atoms with E-state index in [-0.39, 0.29) is 30.2 Å². The molecule has 2 fully saturated rings. The Morgan fingerprint density at radius 3 is 2.69 bits per heavy atom. The molecule has 7 heteroatoms. The van der Waals surface area contributed by atoms with Gasteiger partial charge >= 0.3 is 0 Å². The maximum Gasteiger partial charge on any atom is 0.242 e. The maximum atomic E-state index is 12.5. The monoisotopic (exact) mass is 421 g/mol. The first-order valence-corrected chi connectivity index (χ1v) is 9.90. The molecular weight excluding hydrogens is 398 g/mol. The van der Waals surface area contributed by atoms with Gasteiger partial charge in [-0.3, -0.25) is 14.4 Å². The molecule has 1 saturated heterocycles. The van der Waals surface area contributed by atoms with Crippen molar-refractivity contribution in [2.45, 2.75) is 51.1 Å². The van der Waals surface area contributed by atoms with Gasteiger partial charge in [0.05, 0.1) is 5.92 Å². The highest BCUT2D eigenvalue weighted by Crippen LogP contribution is 2.27. The minimum atomic E-state index is -0.599. The van der Waals surface area contributed by atoms with Crippen molar-refractivity contribution < 1.29 is 14.4 Å². The number of nitrogens with zero attached hydrogens (tertiary/aromatic N) is 1. The lowest BCUT2D eigenvalue weighted by atomic mass is 10.1. The molecule has 6 nitrogen and oxygen atoms in total. The van der Waals surface area contributed by atoms with Crippen LogP contribution in [-0.2, 0) is 14.4 Å². The topological polar surface area (TPSA) is 78.5 Å². The summed E-state index contributed by atoms with van der Waals surface area (Å²) >= 11 is 3.40. The number of halogens is 1. The smallest absolute Gasteiger partial charge is 0.242 e. The molecule has 1 aliphatic carbocycles. The van der Waals surface area contributed by atoms with Crippen molar-refractivity contribution in [3.63, 3.8) is 0 Å². The summed E-state index contributed by atoms with van der Waals surface area (Å²) < 4.78 is 0.882. The molecule has 0 radical (unpaired) electrons. The molecule has 1 aliphatic heterocycles. The number of amides is 3. The van der Waals surface area contributed by atoms with Crippen LogP contribution in [0.4, 0.5) is 5.69 Å². The molecule has 1 aromatic rings. The lowest BCUT2D eigenvalue weighted by Gasteiger charge is -2.20. The lowest BCUT2D eigenvalue weighted by molar-refractivity contribution is -0.131. The van der Waals surface area contributed by atoms with E-state index in [9.17, 15) is 14.4 Å². The lowest BCUT2D eigenvalue weighted by Crippen LogP contribution is -2.49. The van der Waals surface area contributed by atoms with Gasteiger partial charge in [-0.25, -0.2) is 0 Å². The number of rotatable bonds is 5. The Kier molecular flexibility index (Phi) is 5.96. The molecule has 3 rings (SSSR count). The van der Waals surface area contributed by atoms with E-state index in [2.05, 4.69) is 26.6 Å². The molecule has 0 bridgehead atoms. The fourth-order valence-corrected chi connectivity index (χ4v) is 3.96. The molecule has 1 aromatic carbocycles. The zero-order valence-corrected chi connectivity index (χ0v) is 16.4. The number of nitrogens with one attached hydrogen (secondary N) is 2. The number of hydrogen-bond acceptors (Lipinski definition) is 3. The highest BCUT2D eigenvalue weighted by molar-refractivity contribution is 9.10. The van der Waals surface area contributed by atoms with E-state index >= 15 is 0 Å². The third-order valence-corrected chi connectivity index (χ3v) is 5.56. The van der Waals surface area contributed by atoms with E-state index in [1.165, 1.54) is 0 Å². The molecule has 2 aliphatic rings. The Labute approximate surface area is 161 Å². The first-order chi connectivity index (χ1) is 12.4. The van der Waals surface area contributed by atoms with Gasteiger partial charge in [-0.15, -0.1) is 0 Å². The van der Waals surface area contributed by atoms with Crippen molar-refractivity contribution in [2.75, 3.05) is 11.4 Å². The van der Waals surface area contributed by atoms with Crippen molar-refractivity contribution in [1.29, 1.82) is 0 Å². The Balaban J connectivity index is 1.55. The Morgan fingerprint density at radius 2 is 2.00 bits per heavy atom. The van der Waals surface area contributed by atoms with Crippen LogP contribution >= 0.6 is 15.9 Å². The molecule has 1 heterocycles. The quantitative estimate of drug-likeness (QED) is 0.765. The molecule has 0 unspecified atom stereocenters. The molecule has 2 N–H and O–H groups in total. The van der Waals surface area contributed by atoms with Crippen molar-refractivity contribution in [3.05, 3.63) is 28.7 Å². The normalized spacial score (nSPS) is 21.7. The summed E-state index contributed by atoms with van der Waals surface area (Å²) in [4.78, 5) is 38.7. The number of carbonyl (C=O) groups excluding carboxylic acids is 3. The van der Waals surface area contributed by atoms with E-state index in [4.69, 9.17) is 0 Å². The van der Waals surface area contributed by atoms with Crippen LogP contribution < -0.4 is 15.5 Å². The van der Waals surface area contributed by atoms with E-state index in [1.54, 1.807) is 11.8 Å². The second-order valence-electron chi connectivity index (χ2n) is 7.11. The van der Waals surface area contributed by atoms with Gasteiger partial charge in [0, 0.05) is 29.2 Å². The maximum absolute atomic E-state index is 12.5. The summed E-state index contributed by atoms with van der Waals surface area (Å²) in [6.07, 6.45) is 4.45. The highest BCUT2D eigenvalue weighted by atomic mass is 79.9. The predicted molar refractivity (Wildman–Crippen MR) is 103 cm³/mol. The summed E-state index contributed by atoms with van der Waals surface area (Å²) in [5.74, 6) is -0.919. The molecule has 0 spiro atoms. The van der Waals surface area contributed by atoms with Gasteiger partial charge in [0.1, 0.15) is 6.04 Å². The zero-order valence-electron chi connectivity index (χ0n) is 14.8. The zero-order chi connectivity index (χ0) is 18.7. The average Bonchev–Trinajstić information content (AvgIpc) is 3.24. The van der Waals surface area contributed by atoms with Crippen molar-refractivity contribution in [1.82, 2.24) is 10.6 Å². The van der Waals surface area contributed by atoms with E-state index in [1.807, 2.05) is 24.3 Å². The molecule has 0 aromatic heterocycles. The van der Waals surface area contributed by atoms with Crippen LogP contribution in [0.2, 0.25) is 0 Å². The van der Waals surface area contributed by atoms with E-state index < -0.39 is 12.0 Å². The van der Waals surface area contributed by atoms with Gasteiger partial charge in [0.2, 0.25) is 17.7 Å². The fraction of sp³-hybridized carbons (Fsp3) is 0.526. The minimum Gasteiger partial charge on any atom is -0.352 e. The van der Waals surface area contributed by atoms with Crippen LogP contribution in [0.5, 0.6) is 0 Å². The summed E-state index contributed by atoms with van der Waals surface area (Å²) in [5.41, 5.74) is 0.770. The van der Waals surface area contributed by atoms with Crippen LogP contribution in [0.3, 0.4) is 0 Å². The molecule has 3 amide bonds. The fourth-order valence-electron chi connectivity index (χ4n) is 3.57. The first-order valence-electron chi connectivity index (χ1n) is 9.10. The molecule has 26 heavy (non-hydrogen) atoms. The average molecular weight is 422 g/mol. The third-order valence-electron chi connectivity index (χ3n) is 5.07. The first kappa shape index (κ1) is 18.9. The molecule has 140 valence electrons. The third kappa shape index (κ3) is 4.44. The van der Waals surface area contributed by atoms with Crippen LogP contribution in [-0.4, -0.2) is 36.3 Å². The van der Waals surface area contributed by atoms with E-state index in [0.29, 0.717) is 6.54 Å². The predicted octanol–water partition coefficient (Wildman–Crippen LogP) is 2.37. The SMILES string of the molecule is C[C@H](NC(=O)[C@H]1CC(=O)N(c2cccc(Br)c2)C1)C(=O)NC1CCCC1. The number of carbonyl (C=O) groups is 3. The van der Waals surface area contributed by atoms with Crippen molar-refractivity contribution in [2.24, 2.45) is 5.92 Å². The summed E-state index contributed by atoms with van der Waals surface area (Å²) in [6, 6.07) is 7.07. The molecule has 2 atom stereocenters. The Morgan fingerprint density at radius 1 is 1.27 bits per heavy atom. The van der Waals surface area contributed by atoms with Crippen LogP contribution in [0, 0.1) is 5.92 Å². The van der Waals surface area contributed by atoms with Gasteiger partial charge in [-0.2, -0.15) is 0 Å². The van der Waals surface area contributed by atoms with Gasteiger partial charge < -0.3 is 15.5 Å². The van der Waals surface area contributed by atoms with Crippen LogP contribution in [0.1, 0.15) is 39.0 Å². The van der Waals surface area contributed by atoms with Gasteiger partial charge in [-0.1, -0.05) is 34.8 Å². The number of benzene rings is 1. The van der Waals surface area contributed by atoms with Gasteiger partial charge in [0.25, 0.3) is 0 Å². The summed E-state index contributed by atoms with van der Waals surface area (Å²) in [7, 11) is 0. The standard InChI is InChI=1S/C19H24BrN3O3/c1-12(18(25)22-15-6-2-3-7-15)21-19(26)13-9-17(24)23(11-13)16-8-4-5-14(20)10-16/h4-5,8,10,12-13,15H,2-3,6-7,9,11H2,1H3,(H,21,26)(H,22,25)/t12-,13-/m0/s1. The highest BCUT2D eigenvalue weighted by Gasteiger charge is 2.36. The van der Waals surface area contributed by atoms with Crippen LogP contribution in [0.15, 0.2) is 28.7 Å². The largest absolute Gasteiger partial charge is 0.352 e. The Bertz CT molecular complexity index is 703. The second-order valence-corrected chi connectivity index (χ2v) is 8.02. The minimum absolute atomic E-state index is 0.0775. The van der Waals surface area contributed by atoms with Crippen molar-refractivity contribution >= 4 is 39.3 Å². The number of anilines is 1. The Hall–Kier alpha value is -1.89. The van der Waals surface area contributed by atoms with Crippen LogP contribution in [0.25, 0.3) is 0 Å². The van der Waals surface area contributed by atoms with Crippen molar-refractivity contribution in [3.8, 4) is 0 Å². The molecular formula is C19H24BrN3O3. The van der Waals surface area contributed by atoms with E-state index in [0.717, 1.165) is 35.8 Å². The summed E-state index contributed by atoms with van der Waals surface area (Å²) in [5, 5.41) is 5.75. The van der Waals surface area contributed by atoms with Gasteiger partial charge in [-0.05, 0) is 38.0 Å². The van der Waals surface area contributed by atoms with Gasteiger partial charge in [0.15, 0.2) is 0 Å². The number of hydrogen-bond donors (Lipinski definition) is 2. The summed E-state index contributed by atoms with van der Waals surface area (Å²) in [6.45, 7) is 2.02. The second kappa shape index (κ2) is 8.20.